The minimum Gasteiger partial charge on any atom is -0.480 e. The van der Waals surface area contributed by atoms with Crippen LogP contribution in [0, 0.1) is 10.8 Å². The number of carboxylic acid groups (broad SMARTS) is 1. The Balaban J connectivity index is 3.66. The molecule has 0 fully saturated rings. The smallest absolute Gasteiger partial charge is 0.370 e. The van der Waals surface area contributed by atoms with Crippen LogP contribution < -0.4 is 20.8 Å². The lowest BCUT2D eigenvalue weighted by atomic mass is 10.4. The molecule has 0 aliphatic rings. The molecule has 9 nitrogen and oxygen atoms in total. The molecule has 0 radical (unpaired) electrons. The first-order chi connectivity index (χ1) is 8.34. The summed E-state index contributed by atoms with van der Waals surface area (Å²) in [6.45, 7) is 0. The third kappa shape index (κ3) is 8.77. The second-order valence-electron chi connectivity index (χ2n) is 2.77. The molecular formula is C6H11ClN2O7S2. The Morgan fingerprint density at radius 1 is 1.22 bits per heavy atom. The summed E-state index contributed by atoms with van der Waals surface area (Å²) in [7, 11) is -0.423. The van der Waals surface area contributed by atoms with Gasteiger partial charge >= 0.3 is 22.7 Å². The Labute approximate surface area is 113 Å². The van der Waals surface area contributed by atoms with E-state index in [1.165, 1.54) is 0 Å². The zero-order valence-corrected chi connectivity index (χ0v) is 11.2. The number of hydrogen-bond acceptors (Lipinski definition) is 10. The summed E-state index contributed by atoms with van der Waals surface area (Å²) in [6, 6.07) is -2.10. The van der Waals surface area contributed by atoms with Gasteiger partial charge < -0.3 is 25.9 Å². The van der Waals surface area contributed by atoms with Crippen LogP contribution in [0.1, 0.15) is 0 Å². The molecule has 0 aliphatic heterocycles. The third-order valence-electron chi connectivity index (χ3n) is 1.36. The molecule has 0 aliphatic carbocycles. The van der Waals surface area contributed by atoms with Crippen LogP contribution in [-0.4, -0.2) is 40.6 Å². The predicted molar refractivity (Wildman–Crippen MR) is 55.7 cm³/mol. The molecule has 0 saturated heterocycles. The summed E-state index contributed by atoms with van der Waals surface area (Å²) in [5.74, 6) is -1.96. The molecule has 0 bridgehead atoms. The average Bonchev–Trinajstić information content (AvgIpc) is 2.30. The highest BCUT2D eigenvalue weighted by Crippen LogP contribution is 2.22. The summed E-state index contributed by atoms with van der Waals surface area (Å²) in [6.07, 6.45) is 0. The van der Waals surface area contributed by atoms with E-state index < -0.39 is 34.8 Å². The number of nitrogens with two attached hydrogens (primary N) is 2. The molecule has 0 rings (SSSR count). The van der Waals surface area contributed by atoms with Gasteiger partial charge in [0.1, 0.15) is 12.1 Å². The lowest BCUT2D eigenvalue weighted by Crippen LogP contribution is -2.39. The fraction of sp³-hybridized carbons (Fsp3) is 0.667. The van der Waals surface area contributed by atoms with Crippen molar-refractivity contribution < 1.29 is 44.1 Å². The molecular weight excluding hydrogens is 312 g/mol. The quantitative estimate of drug-likeness (QED) is 0.168. The van der Waals surface area contributed by atoms with Gasteiger partial charge in [-0.1, -0.05) is 21.6 Å². The van der Waals surface area contributed by atoms with Gasteiger partial charge in [-0.15, -0.1) is 0 Å². The number of carbonyl (C=O) groups is 2. The van der Waals surface area contributed by atoms with Crippen LogP contribution in [0.2, 0.25) is 0 Å². The number of carbonyl (C=O) groups excluding carboxylic acids is 1. The van der Waals surface area contributed by atoms with Crippen molar-refractivity contribution in [2.75, 3.05) is 11.5 Å². The lowest BCUT2D eigenvalue weighted by Gasteiger charge is -2.08. The van der Waals surface area contributed by atoms with Crippen molar-refractivity contribution in [1.29, 1.82) is 0 Å². The van der Waals surface area contributed by atoms with Gasteiger partial charge in [-0.2, -0.15) is 0 Å². The standard InChI is InChI=1S/C6H11ClN2O7S2/c8-3(5(10)11)1-17-18-2-4(9)6(12)15-16-7(13)14/h3-4H,1-2,8-9H2,(H,10,11). The van der Waals surface area contributed by atoms with Gasteiger partial charge in [-0.25, -0.2) is 9.68 Å². The van der Waals surface area contributed by atoms with Crippen LogP contribution in [0.5, 0.6) is 0 Å². The monoisotopic (exact) mass is 322 g/mol. The summed E-state index contributed by atoms with van der Waals surface area (Å²) >= 11 is 0. The molecule has 2 atom stereocenters. The van der Waals surface area contributed by atoms with Gasteiger partial charge in [0.05, 0.1) is 0 Å². The molecule has 18 heavy (non-hydrogen) atoms. The topological polar surface area (TPSA) is 171 Å². The van der Waals surface area contributed by atoms with E-state index in [4.69, 9.17) is 16.6 Å². The maximum atomic E-state index is 11.0. The van der Waals surface area contributed by atoms with E-state index in [0.29, 0.717) is 0 Å². The highest BCUT2D eigenvalue weighted by atomic mass is 35.6. The van der Waals surface area contributed by atoms with Crippen molar-refractivity contribution in [3.63, 3.8) is 0 Å². The molecule has 0 amide bonds. The Bertz CT molecular complexity index is 283. The van der Waals surface area contributed by atoms with E-state index in [0.717, 1.165) is 21.6 Å². The van der Waals surface area contributed by atoms with Crippen molar-refractivity contribution >= 4 is 33.5 Å². The zero-order chi connectivity index (χ0) is 14.1. The van der Waals surface area contributed by atoms with Gasteiger partial charge in [0, 0.05) is 11.5 Å². The average molecular weight is 323 g/mol. The normalized spacial score (nSPS) is 14.3. The number of halogens is 1. The summed E-state index contributed by atoms with van der Waals surface area (Å²) in [5.41, 5.74) is 10.6. The largest absolute Gasteiger partial charge is 0.480 e. The highest BCUT2D eigenvalue weighted by molar-refractivity contribution is 8.76. The second-order valence-corrected chi connectivity index (χ2v) is 5.83. The molecule has 5 N–H and O–H groups in total. The maximum absolute atomic E-state index is 11.0. The molecule has 0 aromatic heterocycles. The predicted octanol–water partition coefficient (Wildman–Crippen LogP) is -3.33. The van der Waals surface area contributed by atoms with Crippen LogP contribution >= 0.6 is 21.6 Å². The maximum Gasteiger partial charge on any atom is 0.370 e. The number of hydrogen-bond donors (Lipinski definition) is 3. The molecule has 12 heteroatoms. The van der Waals surface area contributed by atoms with Gasteiger partial charge in [0.25, 0.3) is 4.44 Å². The molecule has 2 unspecified atom stereocenters. The Kier molecular flexibility index (Phi) is 9.49. The van der Waals surface area contributed by atoms with Crippen molar-refractivity contribution in [2.45, 2.75) is 12.1 Å². The molecule has 0 saturated carbocycles. The van der Waals surface area contributed by atoms with Crippen molar-refractivity contribution in [3.8, 4) is 0 Å². The third-order valence-corrected chi connectivity index (χ3v) is 4.00. The highest BCUT2D eigenvalue weighted by Gasteiger charge is 2.22. The summed E-state index contributed by atoms with van der Waals surface area (Å²) in [5, 5.41) is 8.48. The van der Waals surface area contributed by atoms with Crippen LogP contribution in [0.4, 0.5) is 0 Å². The van der Waals surface area contributed by atoms with Crippen molar-refractivity contribution in [3.05, 3.63) is 0 Å². The number of aliphatic carboxylic acids is 1. The molecule has 106 valence electrons. The van der Waals surface area contributed by atoms with Crippen LogP contribution in [0.3, 0.4) is 0 Å². The Morgan fingerprint density at radius 2 is 1.72 bits per heavy atom. The first-order valence-corrected chi connectivity index (χ1v) is 7.68. The molecule has 0 heterocycles. The molecule has 0 aromatic rings. The first kappa shape index (κ1) is 17.7. The van der Waals surface area contributed by atoms with E-state index in [9.17, 15) is 18.9 Å². The van der Waals surface area contributed by atoms with Gasteiger partial charge in [0.2, 0.25) is 0 Å². The number of rotatable bonds is 9. The molecule has 0 aromatic carbocycles. The van der Waals surface area contributed by atoms with Gasteiger partial charge in [0.15, 0.2) is 0 Å². The number of carboxylic acids is 1. The van der Waals surface area contributed by atoms with E-state index in [1.54, 1.807) is 0 Å². The van der Waals surface area contributed by atoms with Gasteiger partial charge in [-0.3, -0.25) is 4.79 Å². The van der Waals surface area contributed by atoms with E-state index in [1.807, 2.05) is 0 Å². The molecule has 0 spiro atoms. The minimum absolute atomic E-state index is 0.0839. The van der Waals surface area contributed by atoms with Crippen LogP contribution in [-0.2, 0) is 18.9 Å². The first-order valence-electron chi connectivity index (χ1n) is 4.27. The summed E-state index contributed by atoms with van der Waals surface area (Å²) < 4.78 is 23.3. The minimum atomic E-state index is -2.65. The van der Waals surface area contributed by atoms with E-state index in [-0.39, 0.29) is 11.5 Å². The van der Waals surface area contributed by atoms with Crippen LogP contribution in [0.25, 0.3) is 0 Å². The van der Waals surface area contributed by atoms with Crippen molar-refractivity contribution in [1.82, 2.24) is 0 Å². The Hall–Kier alpha value is -0.270. The second kappa shape index (κ2) is 9.63. The van der Waals surface area contributed by atoms with Crippen molar-refractivity contribution in [2.24, 2.45) is 11.5 Å². The fourth-order valence-corrected chi connectivity index (χ4v) is 2.84. The van der Waals surface area contributed by atoms with Gasteiger partial charge in [-0.05, 0) is 0 Å². The Morgan fingerprint density at radius 3 is 2.17 bits per heavy atom. The SMILES string of the molecule is NC(CSSCC(N)C(=O)OO[Cl+2]([O-])[O-])C(=O)O. The fourth-order valence-electron chi connectivity index (χ4n) is 0.501. The van der Waals surface area contributed by atoms with Crippen LogP contribution in [0.15, 0.2) is 0 Å². The lowest BCUT2D eigenvalue weighted by molar-refractivity contribution is -1.64. The summed E-state index contributed by atoms with van der Waals surface area (Å²) in [4.78, 5) is 25.2. The van der Waals surface area contributed by atoms with E-state index in [2.05, 4.69) is 9.33 Å². The zero-order valence-electron chi connectivity index (χ0n) is 8.81. The van der Waals surface area contributed by atoms with E-state index >= 15 is 0 Å².